The quantitative estimate of drug-likeness (QED) is 0.796. The Morgan fingerprint density at radius 3 is 2.50 bits per heavy atom. The lowest BCUT2D eigenvalue weighted by Gasteiger charge is -2.19. The highest BCUT2D eigenvalue weighted by molar-refractivity contribution is 7.89. The first-order valence-electron chi connectivity index (χ1n) is 6.48. The molecule has 1 N–H and O–H groups in total. The summed E-state index contributed by atoms with van der Waals surface area (Å²) in [6.45, 7) is 6.20. The summed E-state index contributed by atoms with van der Waals surface area (Å²) in [5, 5.41) is 9.01. The highest BCUT2D eigenvalue weighted by Crippen LogP contribution is 2.26. The number of carboxylic acid groups (broad SMARTS) is 1. The molecular formula is C12H23NO4S. The molecule has 1 aliphatic heterocycles. The second-order valence-electron chi connectivity index (χ2n) is 5.41. The van der Waals surface area contributed by atoms with E-state index in [0.717, 1.165) is 12.8 Å². The van der Waals surface area contributed by atoms with Gasteiger partial charge in [0.15, 0.2) is 0 Å². The van der Waals surface area contributed by atoms with Crippen molar-refractivity contribution in [1.82, 2.24) is 4.31 Å². The molecule has 0 aromatic rings. The van der Waals surface area contributed by atoms with E-state index in [2.05, 4.69) is 0 Å². The minimum absolute atomic E-state index is 0.112. The number of rotatable bonds is 6. The van der Waals surface area contributed by atoms with E-state index in [-0.39, 0.29) is 24.1 Å². The van der Waals surface area contributed by atoms with E-state index in [0.29, 0.717) is 6.54 Å². The summed E-state index contributed by atoms with van der Waals surface area (Å²) in [5.74, 6) is -1.33. The Morgan fingerprint density at radius 2 is 2.06 bits per heavy atom. The van der Waals surface area contributed by atoms with Gasteiger partial charge in [-0.15, -0.1) is 0 Å². The van der Waals surface area contributed by atoms with Gasteiger partial charge in [0.05, 0.1) is 11.7 Å². The Balaban J connectivity index is 2.68. The van der Waals surface area contributed by atoms with Gasteiger partial charge in [-0.05, 0) is 18.3 Å². The third kappa shape index (κ3) is 3.68. The molecule has 1 fully saturated rings. The fourth-order valence-corrected chi connectivity index (χ4v) is 4.46. The Labute approximate surface area is 109 Å². The molecule has 106 valence electrons. The molecule has 5 nitrogen and oxygen atoms in total. The van der Waals surface area contributed by atoms with Crippen molar-refractivity contribution >= 4 is 16.0 Å². The molecular weight excluding hydrogens is 254 g/mol. The van der Waals surface area contributed by atoms with Crippen molar-refractivity contribution in [1.29, 1.82) is 0 Å². The number of hydrogen-bond donors (Lipinski definition) is 1. The van der Waals surface area contributed by atoms with E-state index in [1.54, 1.807) is 6.92 Å². The van der Waals surface area contributed by atoms with E-state index >= 15 is 0 Å². The largest absolute Gasteiger partial charge is 0.481 e. The average molecular weight is 277 g/mol. The van der Waals surface area contributed by atoms with E-state index in [1.807, 2.05) is 13.8 Å². The number of nitrogens with zero attached hydrogens (tertiary/aromatic N) is 1. The summed E-state index contributed by atoms with van der Waals surface area (Å²) in [6.07, 6.45) is 1.84. The molecule has 1 aliphatic rings. The second kappa shape index (κ2) is 6.02. The van der Waals surface area contributed by atoms with E-state index in [4.69, 9.17) is 5.11 Å². The fourth-order valence-electron chi connectivity index (χ4n) is 2.51. The molecule has 0 aromatic heterocycles. The van der Waals surface area contributed by atoms with Crippen LogP contribution in [0.15, 0.2) is 0 Å². The molecule has 1 saturated heterocycles. The molecule has 0 spiro atoms. The molecule has 0 bridgehead atoms. The molecule has 0 aromatic carbocycles. The van der Waals surface area contributed by atoms with Crippen molar-refractivity contribution in [3.8, 4) is 0 Å². The summed E-state index contributed by atoms with van der Waals surface area (Å²) >= 11 is 0. The maximum Gasteiger partial charge on any atom is 0.308 e. The van der Waals surface area contributed by atoms with Crippen LogP contribution in [0.4, 0.5) is 0 Å². The summed E-state index contributed by atoms with van der Waals surface area (Å²) in [5.41, 5.74) is 0. The van der Waals surface area contributed by atoms with Crippen LogP contribution in [-0.2, 0) is 14.8 Å². The van der Waals surface area contributed by atoms with Crippen molar-refractivity contribution in [2.75, 3.05) is 18.8 Å². The lowest BCUT2D eigenvalue weighted by Crippen LogP contribution is -2.33. The molecule has 1 rings (SSSR count). The molecule has 1 heterocycles. The first kappa shape index (κ1) is 15.4. The Kier molecular flexibility index (Phi) is 5.16. The zero-order chi connectivity index (χ0) is 13.9. The van der Waals surface area contributed by atoms with Crippen molar-refractivity contribution in [3.05, 3.63) is 0 Å². The van der Waals surface area contributed by atoms with Gasteiger partial charge in [0.2, 0.25) is 10.0 Å². The van der Waals surface area contributed by atoms with Crippen LogP contribution >= 0.6 is 0 Å². The van der Waals surface area contributed by atoms with Gasteiger partial charge in [0, 0.05) is 13.1 Å². The number of carboxylic acids is 1. The van der Waals surface area contributed by atoms with Crippen LogP contribution in [0.5, 0.6) is 0 Å². The van der Waals surface area contributed by atoms with Gasteiger partial charge in [0.1, 0.15) is 0 Å². The minimum atomic E-state index is -3.31. The van der Waals surface area contributed by atoms with Gasteiger partial charge in [-0.2, -0.15) is 0 Å². The van der Waals surface area contributed by atoms with Crippen LogP contribution < -0.4 is 0 Å². The molecule has 1 unspecified atom stereocenters. The Morgan fingerprint density at radius 1 is 1.44 bits per heavy atom. The molecule has 6 heteroatoms. The highest BCUT2D eigenvalue weighted by Gasteiger charge is 2.40. The molecule has 3 atom stereocenters. The minimum Gasteiger partial charge on any atom is -0.481 e. The predicted molar refractivity (Wildman–Crippen MR) is 69.7 cm³/mol. The Bertz CT molecular complexity index is 393. The summed E-state index contributed by atoms with van der Waals surface area (Å²) in [7, 11) is -3.31. The molecule has 18 heavy (non-hydrogen) atoms. The molecule has 0 saturated carbocycles. The predicted octanol–water partition coefficient (Wildman–Crippen LogP) is 1.40. The summed E-state index contributed by atoms with van der Waals surface area (Å²) in [6, 6.07) is 0. The van der Waals surface area contributed by atoms with Gasteiger partial charge in [0.25, 0.3) is 0 Å². The van der Waals surface area contributed by atoms with Crippen molar-refractivity contribution in [3.63, 3.8) is 0 Å². The zero-order valence-electron chi connectivity index (χ0n) is 11.3. The van der Waals surface area contributed by atoms with Crippen LogP contribution in [0.2, 0.25) is 0 Å². The first-order chi connectivity index (χ1) is 8.27. The summed E-state index contributed by atoms with van der Waals surface area (Å²) in [4.78, 5) is 11.0. The maximum atomic E-state index is 12.2. The fraction of sp³-hybridized carbons (Fsp3) is 0.917. The number of sulfonamides is 1. The van der Waals surface area contributed by atoms with Crippen LogP contribution in [0, 0.1) is 17.8 Å². The van der Waals surface area contributed by atoms with Crippen LogP contribution in [-0.4, -0.2) is 42.6 Å². The van der Waals surface area contributed by atoms with Crippen molar-refractivity contribution in [2.24, 2.45) is 17.8 Å². The van der Waals surface area contributed by atoms with Gasteiger partial charge < -0.3 is 5.11 Å². The van der Waals surface area contributed by atoms with Gasteiger partial charge in [-0.25, -0.2) is 12.7 Å². The summed E-state index contributed by atoms with van der Waals surface area (Å²) < 4.78 is 25.7. The number of hydrogen-bond acceptors (Lipinski definition) is 3. The monoisotopic (exact) mass is 277 g/mol. The normalized spacial score (nSPS) is 27.3. The molecule has 0 aliphatic carbocycles. The third-order valence-corrected chi connectivity index (χ3v) is 5.64. The maximum absolute atomic E-state index is 12.2. The second-order valence-corrected chi connectivity index (χ2v) is 7.42. The van der Waals surface area contributed by atoms with Crippen molar-refractivity contribution in [2.45, 2.75) is 33.6 Å². The average Bonchev–Trinajstić information content (AvgIpc) is 2.60. The van der Waals surface area contributed by atoms with Gasteiger partial charge in [-0.1, -0.05) is 27.2 Å². The highest BCUT2D eigenvalue weighted by atomic mass is 32.2. The van der Waals surface area contributed by atoms with Crippen LogP contribution in [0.1, 0.15) is 33.6 Å². The van der Waals surface area contributed by atoms with Crippen LogP contribution in [0.25, 0.3) is 0 Å². The van der Waals surface area contributed by atoms with Crippen LogP contribution in [0.3, 0.4) is 0 Å². The van der Waals surface area contributed by atoms with Gasteiger partial charge >= 0.3 is 5.97 Å². The van der Waals surface area contributed by atoms with E-state index < -0.39 is 21.9 Å². The molecule has 0 amide bonds. The number of carbonyl (C=O) groups is 1. The standard InChI is InChI=1S/C12H23NO4S/c1-4-5-9(2)8-18(16,17)13-6-10(3)11(7-13)12(14)15/h9-11H,4-8H2,1-3H3,(H,14,15)/t9?,10-,11-/m1/s1. The topological polar surface area (TPSA) is 74.7 Å². The SMILES string of the molecule is CCCC(C)CS(=O)(=O)N1C[C@@H](C)[C@H](C(=O)O)C1. The zero-order valence-corrected chi connectivity index (χ0v) is 12.1. The van der Waals surface area contributed by atoms with Gasteiger partial charge in [-0.3, -0.25) is 4.79 Å². The van der Waals surface area contributed by atoms with Crippen molar-refractivity contribution < 1.29 is 18.3 Å². The first-order valence-corrected chi connectivity index (χ1v) is 8.09. The van der Waals surface area contributed by atoms with E-state index in [9.17, 15) is 13.2 Å². The Hall–Kier alpha value is -0.620. The lowest BCUT2D eigenvalue weighted by atomic mass is 9.99. The molecule has 0 radical (unpaired) electrons. The number of aliphatic carboxylic acids is 1. The lowest BCUT2D eigenvalue weighted by molar-refractivity contribution is -0.142. The smallest absolute Gasteiger partial charge is 0.308 e. The van der Waals surface area contributed by atoms with E-state index in [1.165, 1.54) is 4.31 Å². The third-order valence-electron chi connectivity index (χ3n) is 3.57.